The first-order valence-corrected chi connectivity index (χ1v) is 7.04. The number of ether oxygens (including phenoxy) is 1. The first kappa shape index (κ1) is 14.8. The van der Waals surface area contributed by atoms with Gasteiger partial charge in [-0.05, 0) is 32.6 Å². The molecular formula is C12H23NO3S. The third-order valence-corrected chi connectivity index (χ3v) is 5.03. The zero-order valence-corrected chi connectivity index (χ0v) is 11.6. The van der Waals surface area contributed by atoms with E-state index in [1.807, 2.05) is 6.92 Å². The Morgan fingerprint density at radius 3 is 2.76 bits per heavy atom. The Kier molecular flexibility index (Phi) is 5.28. The van der Waals surface area contributed by atoms with Crippen LogP contribution in [0.5, 0.6) is 0 Å². The molecule has 1 fully saturated rings. The summed E-state index contributed by atoms with van der Waals surface area (Å²) >= 11 is 1.72. The Bertz CT molecular complexity index is 272. The van der Waals surface area contributed by atoms with Crippen LogP contribution in [0.1, 0.15) is 39.5 Å². The maximum atomic E-state index is 11.6. The molecule has 1 rings (SSSR count). The molecule has 0 radical (unpaired) electrons. The first-order valence-electron chi connectivity index (χ1n) is 6.10. The van der Waals surface area contributed by atoms with Crippen LogP contribution in [0.2, 0.25) is 0 Å². The van der Waals surface area contributed by atoms with Crippen LogP contribution in [0.25, 0.3) is 0 Å². The van der Waals surface area contributed by atoms with E-state index in [4.69, 9.17) is 10.5 Å². The Hall–Kier alpha value is -0.260. The average Bonchev–Trinajstić information content (AvgIpc) is 2.27. The third-order valence-electron chi connectivity index (χ3n) is 3.42. The lowest BCUT2D eigenvalue weighted by Crippen LogP contribution is -2.52. The first-order chi connectivity index (χ1) is 7.89. The van der Waals surface area contributed by atoms with Crippen molar-refractivity contribution in [1.29, 1.82) is 0 Å². The van der Waals surface area contributed by atoms with Crippen LogP contribution >= 0.6 is 11.8 Å². The van der Waals surface area contributed by atoms with Gasteiger partial charge in [-0.2, -0.15) is 11.8 Å². The summed E-state index contributed by atoms with van der Waals surface area (Å²) in [6.45, 7) is 3.79. The second-order valence-electron chi connectivity index (χ2n) is 4.95. The van der Waals surface area contributed by atoms with Crippen LogP contribution in [-0.2, 0) is 9.53 Å². The standard InChI is InChI=1S/C12H23NO3S/c1-8(14)9(2)17-10-5-4-6-12(13,7-10)11(15)16-3/h8-10,14H,4-7,13H2,1-3H3. The summed E-state index contributed by atoms with van der Waals surface area (Å²) in [6.07, 6.45) is 2.99. The molecule has 1 aliphatic rings. The molecule has 0 amide bonds. The van der Waals surface area contributed by atoms with Gasteiger partial charge < -0.3 is 15.6 Å². The maximum absolute atomic E-state index is 11.6. The largest absolute Gasteiger partial charge is 0.468 e. The number of nitrogens with two attached hydrogens (primary N) is 1. The average molecular weight is 261 g/mol. The molecule has 0 aromatic heterocycles. The maximum Gasteiger partial charge on any atom is 0.325 e. The molecule has 1 saturated carbocycles. The molecule has 3 N–H and O–H groups in total. The number of thioether (sulfide) groups is 1. The summed E-state index contributed by atoms with van der Waals surface area (Å²) in [4.78, 5) is 11.6. The van der Waals surface area contributed by atoms with E-state index >= 15 is 0 Å². The van der Waals surface area contributed by atoms with Gasteiger partial charge in [-0.3, -0.25) is 4.79 Å². The van der Waals surface area contributed by atoms with E-state index < -0.39 is 5.54 Å². The van der Waals surface area contributed by atoms with Crippen molar-refractivity contribution in [2.24, 2.45) is 5.73 Å². The van der Waals surface area contributed by atoms with E-state index in [0.29, 0.717) is 18.1 Å². The van der Waals surface area contributed by atoms with Crippen molar-refractivity contribution >= 4 is 17.7 Å². The summed E-state index contributed by atoms with van der Waals surface area (Å²) in [7, 11) is 1.38. The number of methoxy groups -OCH3 is 1. The van der Waals surface area contributed by atoms with Crippen LogP contribution in [0.15, 0.2) is 0 Å². The van der Waals surface area contributed by atoms with Crippen molar-refractivity contribution in [1.82, 2.24) is 0 Å². The summed E-state index contributed by atoms with van der Waals surface area (Å²) in [5, 5.41) is 9.99. The normalized spacial score (nSPS) is 32.9. The van der Waals surface area contributed by atoms with Gasteiger partial charge in [0.05, 0.1) is 13.2 Å². The van der Waals surface area contributed by atoms with Gasteiger partial charge in [0.1, 0.15) is 5.54 Å². The summed E-state index contributed by atoms with van der Waals surface area (Å²) in [6, 6.07) is 0. The number of esters is 1. The van der Waals surface area contributed by atoms with Crippen LogP contribution in [0.4, 0.5) is 0 Å². The number of rotatable bonds is 4. The molecule has 0 spiro atoms. The second-order valence-corrected chi connectivity index (χ2v) is 6.63. The number of aliphatic hydroxyl groups is 1. The van der Waals surface area contributed by atoms with Crippen molar-refractivity contribution in [2.45, 2.75) is 61.7 Å². The molecule has 17 heavy (non-hydrogen) atoms. The molecule has 100 valence electrons. The van der Waals surface area contributed by atoms with Gasteiger partial charge in [-0.25, -0.2) is 0 Å². The predicted molar refractivity (Wildman–Crippen MR) is 69.9 cm³/mol. The van der Waals surface area contributed by atoms with Crippen LogP contribution < -0.4 is 5.73 Å². The number of aliphatic hydroxyl groups excluding tert-OH is 1. The Labute approximate surface area is 107 Å². The SMILES string of the molecule is COC(=O)C1(N)CCCC(SC(C)C(C)O)C1. The van der Waals surface area contributed by atoms with Gasteiger partial charge in [-0.15, -0.1) is 0 Å². The zero-order chi connectivity index (χ0) is 13.1. The number of hydrogen-bond acceptors (Lipinski definition) is 5. The predicted octanol–water partition coefficient (Wildman–Crippen LogP) is 1.30. The summed E-state index contributed by atoms with van der Waals surface area (Å²) in [5.41, 5.74) is 5.27. The number of carbonyl (C=O) groups is 1. The third kappa shape index (κ3) is 3.86. The highest BCUT2D eigenvalue weighted by atomic mass is 32.2. The molecule has 5 heteroatoms. The van der Waals surface area contributed by atoms with E-state index in [0.717, 1.165) is 12.8 Å². The van der Waals surface area contributed by atoms with Gasteiger partial charge in [0, 0.05) is 10.5 Å². The molecule has 0 bridgehead atoms. The highest BCUT2D eigenvalue weighted by Crippen LogP contribution is 2.36. The fraction of sp³-hybridized carbons (Fsp3) is 0.917. The quantitative estimate of drug-likeness (QED) is 0.746. The molecular weight excluding hydrogens is 238 g/mol. The molecule has 0 saturated heterocycles. The molecule has 1 aliphatic carbocycles. The molecule has 0 aliphatic heterocycles. The highest BCUT2D eigenvalue weighted by Gasteiger charge is 2.40. The monoisotopic (exact) mass is 261 g/mol. The lowest BCUT2D eigenvalue weighted by Gasteiger charge is -2.36. The zero-order valence-electron chi connectivity index (χ0n) is 10.8. The van der Waals surface area contributed by atoms with Crippen molar-refractivity contribution in [3.8, 4) is 0 Å². The molecule has 0 heterocycles. The van der Waals surface area contributed by atoms with Gasteiger partial charge in [0.2, 0.25) is 0 Å². The molecule has 4 atom stereocenters. The van der Waals surface area contributed by atoms with E-state index in [1.165, 1.54) is 7.11 Å². The van der Waals surface area contributed by atoms with Gasteiger partial charge in [0.25, 0.3) is 0 Å². The number of hydrogen-bond donors (Lipinski definition) is 2. The minimum atomic E-state index is -0.830. The Balaban J connectivity index is 2.57. The lowest BCUT2D eigenvalue weighted by atomic mass is 9.82. The summed E-state index contributed by atoms with van der Waals surface area (Å²) in [5.74, 6) is -0.312. The fourth-order valence-corrected chi connectivity index (χ4v) is 3.71. The smallest absolute Gasteiger partial charge is 0.325 e. The van der Waals surface area contributed by atoms with E-state index in [2.05, 4.69) is 0 Å². The minimum absolute atomic E-state index is 0.167. The van der Waals surface area contributed by atoms with Gasteiger partial charge >= 0.3 is 5.97 Å². The Morgan fingerprint density at radius 1 is 1.59 bits per heavy atom. The Morgan fingerprint density at radius 2 is 2.24 bits per heavy atom. The van der Waals surface area contributed by atoms with Crippen molar-refractivity contribution in [3.63, 3.8) is 0 Å². The van der Waals surface area contributed by atoms with Crippen LogP contribution in [0, 0.1) is 0 Å². The number of carbonyl (C=O) groups excluding carboxylic acids is 1. The lowest BCUT2D eigenvalue weighted by molar-refractivity contribution is -0.148. The molecule has 0 aromatic rings. The van der Waals surface area contributed by atoms with Crippen molar-refractivity contribution < 1.29 is 14.6 Å². The van der Waals surface area contributed by atoms with Crippen molar-refractivity contribution in [2.75, 3.05) is 7.11 Å². The minimum Gasteiger partial charge on any atom is -0.468 e. The summed E-state index contributed by atoms with van der Waals surface area (Å²) < 4.78 is 4.77. The van der Waals surface area contributed by atoms with Crippen molar-refractivity contribution in [3.05, 3.63) is 0 Å². The van der Waals surface area contributed by atoms with Crippen LogP contribution in [-0.4, -0.2) is 40.3 Å². The van der Waals surface area contributed by atoms with Gasteiger partial charge in [0.15, 0.2) is 0 Å². The van der Waals surface area contributed by atoms with Gasteiger partial charge in [-0.1, -0.05) is 6.92 Å². The molecule has 0 aromatic carbocycles. The molecule has 4 nitrogen and oxygen atoms in total. The van der Waals surface area contributed by atoms with E-state index in [-0.39, 0.29) is 17.3 Å². The fourth-order valence-electron chi connectivity index (χ4n) is 2.18. The van der Waals surface area contributed by atoms with E-state index in [9.17, 15) is 9.90 Å². The van der Waals surface area contributed by atoms with E-state index in [1.54, 1.807) is 18.7 Å². The highest BCUT2D eigenvalue weighted by molar-refractivity contribution is 8.00. The molecule has 4 unspecified atom stereocenters. The topological polar surface area (TPSA) is 72.5 Å². The second kappa shape index (κ2) is 6.07. The van der Waals surface area contributed by atoms with Crippen LogP contribution in [0.3, 0.4) is 0 Å².